The number of hydrogen-bond acceptors (Lipinski definition) is 8. The van der Waals surface area contributed by atoms with Crippen LogP contribution >= 0.6 is 45.9 Å². The number of carbonyl (C=O) groups is 1. The monoisotopic (exact) mass is 590 g/mol. The molecule has 36 heavy (non-hydrogen) atoms. The number of aromatic nitrogens is 1. The van der Waals surface area contributed by atoms with Crippen molar-refractivity contribution in [3.63, 3.8) is 0 Å². The molecule has 2 aromatic heterocycles. The van der Waals surface area contributed by atoms with Crippen LogP contribution in [0.3, 0.4) is 0 Å². The van der Waals surface area contributed by atoms with E-state index in [0.717, 1.165) is 29.1 Å². The van der Waals surface area contributed by atoms with Crippen LogP contribution in [0.25, 0.3) is 10.2 Å². The third kappa shape index (κ3) is 5.38. The van der Waals surface area contributed by atoms with Crippen LogP contribution in [-0.2, 0) is 14.8 Å². The van der Waals surface area contributed by atoms with Gasteiger partial charge in [0.25, 0.3) is 10.0 Å². The van der Waals surface area contributed by atoms with Crippen molar-refractivity contribution in [1.82, 2.24) is 14.2 Å². The minimum atomic E-state index is -3.86. The number of anilines is 1. The van der Waals surface area contributed by atoms with Gasteiger partial charge in [-0.25, -0.2) is 13.4 Å². The molecule has 0 spiro atoms. The highest BCUT2D eigenvalue weighted by Crippen LogP contribution is 2.40. The van der Waals surface area contributed by atoms with Crippen molar-refractivity contribution < 1.29 is 17.9 Å². The first-order valence-corrected chi connectivity index (χ1v) is 15.5. The third-order valence-electron chi connectivity index (χ3n) is 6.30. The van der Waals surface area contributed by atoms with Crippen LogP contribution in [0.1, 0.15) is 26.7 Å². The summed E-state index contributed by atoms with van der Waals surface area (Å²) in [6.07, 6.45) is 1.03. The highest BCUT2D eigenvalue weighted by Gasteiger charge is 2.42. The lowest BCUT2D eigenvalue weighted by Crippen LogP contribution is -2.49. The lowest BCUT2D eigenvalue weighted by molar-refractivity contribution is -0.121. The first kappa shape index (κ1) is 27.6. The fraction of sp³-hybridized carbons (Fsp3) is 0.478. The summed E-state index contributed by atoms with van der Waals surface area (Å²) in [7, 11) is -2.30. The molecule has 3 heterocycles. The lowest BCUT2D eigenvalue weighted by atomic mass is 10.2. The molecule has 1 aliphatic heterocycles. The second-order valence-corrected chi connectivity index (χ2v) is 13.5. The van der Waals surface area contributed by atoms with Crippen LogP contribution in [0.5, 0.6) is 5.75 Å². The summed E-state index contributed by atoms with van der Waals surface area (Å²) in [4.78, 5) is 22.6. The Balaban J connectivity index is 1.72. The van der Waals surface area contributed by atoms with Crippen LogP contribution in [0.2, 0.25) is 9.36 Å². The number of thiazole rings is 1. The minimum absolute atomic E-state index is 0.137. The molecule has 0 N–H and O–H groups in total. The van der Waals surface area contributed by atoms with Crippen LogP contribution in [-0.4, -0.2) is 74.4 Å². The van der Waals surface area contributed by atoms with Gasteiger partial charge in [0, 0.05) is 19.6 Å². The van der Waals surface area contributed by atoms with Crippen molar-refractivity contribution in [2.24, 2.45) is 0 Å². The molecule has 0 saturated carbocycles. The van der Waals surface area contributed by atoms with Gasteiger partial charge in [-0.2, -0.15) is 4.31 Å². The zero-order valence-electron chi connectivity index (χ0n) is 20.2. The Kier molecular flexibility index (Phi) is 8.81. The average molecular weight is 592 g/mol. The van der Waals surface area contributed by atoms with Gasteiger partial charge >= 0.3 is 0 Å². The Morgan fingerprint density at radius 3 is 2.56 bits per heavy atom. The third-order valence-corrected chi connectivity index (χ3v) is 11.4. The SMILES string of the molecule is CCN(CC)CCN(C(=O)C1CCCN1S(=O)(=O)c1ccc(Cl)s1)c1nc2c(OC)ccc(Cl)c2s1. The van der Waals surface area contributed by atoms with E-state index in [1.54, 1.807) is 30.2 Å². The summed E-state index contributed by atoms with van der Waals surface area (Å²) in [5, 5.41) is 0.988. The molecule has 196 valence electrons. The second-order valence-electron chi connectivity index (χ2n) is 8.27. The molecule has 4 rings (SSSR count). The first-order valence-electron chi connectivity index (χ1n) is 11.6. The summed E-state index contributed by atoms with van der Waals surface area (Å²) < 4.78 is 34.8. The number of halogens is 2. The fourth-order valence-electron chi connectivity index (χ4n) is 4.31. The number of benzene rings is 1. The molecule has 13 heteroatoms. The van der Waals surface area contributed by atoms with Gasteiger partial charge in [0.1, 0.15) is 21.5 Å². The quantitative estimate of drug-likeness (QED) is 0.322. The van der Waals surface area contributed by atoms with Gasteiger partial charge in [-0.3, -0.25) is 9.69 Å². The molecule has 1 amide bonds. The maximum absolute atomic E-state index is 14.0. The molecule has 1 aromatic carbocycles. The number of fused-ring (bicyclic) bond motifs is 1. The smallest absolute Gasteiger partial charge is 0.253 e. The summed E-state index contributed by atoms with van der Waals surface area (Å²) in [6, 6.07) is 5.71. The van der Waals surface area contributed by atoms with Gasteiger partial charge in [-0.05, 0) is 50.2 Å². The molecule has 0 bridgehead atoms. The van der Waals surface area contributed by atoms with E-state index in [1.807, 2.05) is 0 Å². The highest BCUT2D eigenvalue weighted by molar-refractivity contribution is 7.91. The van der Waals surface area contributed by atoms with E-state index in [1.165, 1.54) is 21.7 Å². The van der Waals surface area contributed by atoms with Gasteiger partial charge in [0.15, 0.2) is 5.13 Å². The van der Waals surface area contributed by atoms with Gasteiger partial charge in [-0.15, -0.1) is 11.3 Å². The van der Waals surface area contributed by atoms with Crippen molar-refractivity contribution in [3.8, 4) is 5.75 Å². The Morgan fingerprint density at radius 2 is 1.92 bits per heavy atom. The number of rotatable bonds is 10. The second kappa shape index (κ2) is 11.5. The number of carbonyl (C=O) groups excluding carboxylic acids is 1. The van der Waals surface area contributed by atoms with Gasteiger partial charge in [0.2, 0.25) is 5.91 Å². The van der Waals surface area contributed by atoms with Crippen molar-refractivity contribution in [1.29, 1.82) is 0 Å². The summed E-state index contributed by atoms with van der Waals surface area (Å²) in [5.74, 6) is 0.271. The summed E-state index contributed by atoms with van der Waals surface area (Å²) in [5.41, 5.74) is 0.578. The molecular formula is C23H28Cl2N4O4S3. The molecule has 1 atom stereocenters. The molecule has 3 aromatic rings. The van der Waals surface area contributed by atoms with Crippen LogP contribution in [0.15, 0.2) is 28.5 Å². The number of hydrogen-bond donors (Lipinski definition) is 0. The number of ether oxygens (including phenoxy) is 1. The first-order chi connectivity index (χ1) is 17.2. The minimum Gasteiger partial charge on any atom is -0.494 e. The zero-order valence-corrected chi connectivity index (χ0v) is 24.2. The number of amides is 1. The summed E-state index contributed by atoms with van der Waals surface area (Å²) >= 11 is 14.7. The van der Waals surface area contributed by atoms with Crippen molar-refractivity contribution in [2.75, 3.05) is 44.7 Å². The van der Waals surface area contributed by atoms with Crippen molar-refractivity contribution in [2.45, 2.75) is 36.9 Å². The van der Waals surface area contributed by atoms with E-state index in [2.05, 4.69) is 18.7 Å². The molecule has 0 radical (unpaired) electrons. The van der Waals surface area contributed by atoms with Crippen LogP contribution < -0.4 is 9.64 Å². The number of nitrogens with zero attached hydrogens (tertiary/aromatic N) is 4. The standard InChI is InChI=1S/C23H28Cl2N4O4S3/c1-4-27(5-2)13-14-28(23-26-20-17(33-3)9-8-15(24)21(20)35-23)22(30)16-7-6-12-29(16)36(31,32)19-11-10-18(25)34-19/h8-11,16H,4-7,12-14H2,1-3H3. The molecule has 1 fully saturated rings. The number of sulfonamides is 1. The Bertz CT molecular complexity index is 1340. The van der Waals surface area contributed by atoms with E-state index in [-0.39, 0.29) is 16.7 Å². The molecule has 1 aliphatic rings. The molecule has 8 nitrogen and oxygen atoms in total. The van der Waals surface area contributed by atoms with E-state index >= 15 is 0 Å². The van der Waals surface area contributed by atoms with Gasteiger partial charge in [-0.1, -0.05) is 48.4 Å². The van der Waals surface area contributed by atoms with Gasteiger partial charge in [0.05, 0.1) is 21.2 Å². The van der Waals surface area contributed by atoms with E-state index in [0.29, 0.717) is 51.7 Å². The maximum atomic E-state index is 14.0. The van der Waals surface area contributed by atoms with Crippen LogP contribution in [0.4, 0.5) is 5.13 Å². The predicted molar refractivity (Wildman–Crippen MR) is 148 cm³/mol. The Labute approximate surface area is 229 Å². The number of likely N-dealkylation sites (N-methyl/N-ethyl adjacent to an activating group) is 1. The van der Waals surface area contributed by atoms with Crippen LogP contribution in [0, 0.1) is 0 Å². The number of thiophene rings is 1. The van der Waals surface area contributed by atoms with E-state index in [9.17, 15) is 13.2 Å². The Morgan fingerprint density at radius 1 is 1.17 bits per heavy atom. The Hall–Kier alpha value is -1.47. The zero-order chi connectivity index (χ0) is 26.0. The van der Waals surface area contributed by atoms with Crippen molar-refractivity contribution >= 4 is 77.2 Å². The van der Waals surface area contributed by atoms with E-state index < -0.39 is 16.1 Å². The molecule has 0 aliphatic carbocycles. The highest BCUT2D eigenvalue weighted by atomic mass is 35.5. The lowest BCUT2D eigenvalue weighted by Gasteiger charge is -2.29. The normalized spacial score (nSPS) is 16.8. The molecule has 1 unspecified atom stereocenters. The average Bonchev–Trinajstić information content (AvgIpc) is 3.62. The van der Waals surface area contributed by atoms with E-state index in [4.69, 9.17) is 32.9 Å². The van der Waals surface area contributed by atoms with Gasteiger partial charge < -0.3 is 9.64 Å². The topological polar surface area (TPSA) is 83.0 Å². The molecular weight excluding hydrogens is 563 g/mol. The summed E-state index contributed by atoms with van der Waals surface area (Å²) in [6.45, 7) is 7.07. The predicted octanol–water partition coefficient (Wildman–Crippen LogP) is 5.20. The number of methoxy groups -OCH3 is 1. The maximum Gasteiger partial charge on any atom is 0.253 e. The fourth-order valence-corrected chi connectivity index (χ4v) is 8.86. The molecule has 1 saturated heterocycles. The largest absolute Gasteiger partial charge is 0.494 e. The van der Waals surface area contributed by atoms with Crippen molar-refractivity contribution in [3.05, 3.63) is 33.6 Å².